The Hall–Kier alpha value is -0.940. The Labute approximate surface area is 164 Å². The molecule has 3 fully saturated rings. The van der Waals surface area contributed by atoms with Crippen molar-refractivity contribution in [1.82, 2.24) is 9.80 Å². The van der Waals surface area contributed by atoms with E-state index in [1.165, 1.54) is 0 Å². The molecule has 0 bridgehead atoms. The van der Waals surface area contributed by atoms with Gasteiger partial charge in [-0.2, -0.15) is 0 Å². The number of hydrogen-bond donors (Lipinski definition) is 1. The molecule has 1 aliphatic carbocycles. The number of nitrogens with zero attached hydrogens (tertiary/aromatic N) is 2. The van der Waals surface area contributed by atoms with Crippen LogP contribution in [0.25, 0.3) is 0 Å². The normalized spacial score (nSPS) is 30.3. The van der Waals surface area contributed by atoms with Crippen molar-refractivity contribution < 1.29 is 14.7 Å². The summed E-state index contributed by atoms with van der Waals surface area (Å²) in [5.41, 5.74) is -0.463. The van der Waals surface area contributed by atoms with Gasteiger partial charge in [0, 0.05) is 38.0 Å². The quantitative estimate of drug-likeness (QED) is 0.799. The molecule has 0 spiro atoms. The maximum atomic E-state index is 12.8. The van der Waals surface area contributed by atoms with Gasteiger partial charge in [-0.1, -0.05) is 0 Å². The molecule has 1 amide bonds. The van der Waals surface area contributed by atoms with Crippen LogP contribution >= 0.6 is 0 Å². The third-order valence-corrected chi connectivity index (χ3v) is 7.51. The lowest BCUT2D eigenvalue weighted by Gasteiger charge is -2.39. The Bertz CT molecular complexity index is 512. The van der Waals surface area contributed by atoms with E-state index in [-0.39, 0.29) is 17.6 Å². The number of rotatable bonds is 5. The number of carbonyl (C=O) groups is 2. The number of aliphatic hydroxyl groups is 1. The number of amides is 1. The molecule has 2 saturated heterocycles. The lowest BCUT2D eigenvalue weighted by atomic mass is 9.79. The minimum absolute atomic E-state index is 0.136. The van der Waals surface area contributed by atoms with E-state index in [1.807, 2.05) is 0 Å². The molecular formula is C22H38N2O3. The van der Waals surface area contributed by atoms with Crippen LogP contribution in [0.1, 0.15) is 71.1 Å². The molecule has 5 nitrogen and oxygen atoms in total. The zero-order valence-electron chi connectivity index (χ0n) is 17.3. The third-order valence-electron chi connectivity index (χ3n) is 7.51. The van der Waals surface area contributed by atoms with Crippen molar-refractivity contribution in [1.29, 1.82) is 0 Å². The summed E-state index contributed by atoms with van der Waals surface area (Å²) in [6, 6.07) is 0. The van der Waals surface area contributed by atoms with E-state index in [1.54, 1.807) is 6.92 Å². The van der Waals surface area contributed by atoms with Gasteiger partial charge in [-0.05, 0) is 84.1 Å². The van der Waals surface area contributed by atoms with Crippen LogP contribution in [0.4, 0.5) is 0 Å². The zero-order chi connectivity index (χ0) is 19.4. The summed E-state index contributed by atoms with van der Waals surface area (Å²) in [6.45, 7) is 5.42. The number of Topliss-reactive ketones (excluding diaryl/α,β-unsaturated/α-hetero) is 1. The van der Waals surface area contributed by atoms with E-state index in [4.69, 9.17) is 0 Å². The van der Waals surface area contributed by atoms with Crippen molar-refractivity contribution in [3.8, 4) is 0 Å². The summed E-state index contributed by atoms with van der Waals surface area (Å²) in [6.07, 6.45) is 9.46. The number of ketones is 1. The Morgan fingerprint density at radius 1 is 0.926 bits per heavy atom. The van der Waals surface area contributed by atoms with Gasteiger partial charge in [0.2, 0.25) is 5.91 Å². The molecule has 1 saturated carbocycles. The van der Waals surface area contributed by atoms with E-state index in [0.717, 1.165) is 90.4 Å². The predicted molar refractivity (Wildman–Crippen MR) is 106 cm³/mol. The number of hydrogen-bond acceptors (Lipinski definition) is 4. The SMILES string of the molecule is CC(=O)C1CCC(C(=O)N2CCC(CCC3(O)CCN(C)CC3)CC2)CC1. The fourth-order valence-corrected chi connectivity index (χ4v) is 5.20. The van der Waals surface area contributed by atoms with E-state index in [0.29, 0.717) is 11.8 Å². The van der Waals surface area contributed by atoms with Gasteiger partial charge >= 0.3 is 0 Å². The summed E-state index contributed by atoms with van der Waals surface area (Å²) in [4.78, 5) is 28.7. The first-order valence-electron chi connectivity index (χ1n) is 11.1. The molecule has 2 aliphatic heterocycles. The van der Waals surface area contributed by atoms with Crippen molar-refractivity contribution >= 4 is 11.7 Å². The lowest BCUT2D eigenvalue weighted by Crippen LogP contribution is -2.44. The average Bonchev–Trinajstić information content (AvgIpc) is 2.69. The highest BCUT2D eigenvalue weighted by atomic mass is 16.3. The summed E-state index contributed by atoms with van der Waals surface area (Å²) < 4.78 is 0. The Morgan fingerprint density at radius 3 is 2.04 bits per heavy atom. The summed E-state index contributed by atoms with van der Waals surface area (Å²) in [7, 11) is 2.12. The molecule has 3 rings (SSSR count). The fraction of sp³-hybridized carbons (Fsp3) is 0.909. The van der Waals surface area contributed by atoms with Gasteiger partial charge in [-0.15, -0.1) is 0 Å². The molecular weight excluding hydrogens is 340 g/mol. The topological polar surface area (TPSA) is 60.9 Å². The highest BCUT2D eigenvalue weighted by molar-refractivity contribution is 5.81. The summed E-state index contributed by atoms with van der Waals surface area (Å²) >= 11 is 0. The molecule has 0 unspecified atom stereocenters. The fourth-order valence-electron chi connectivity index (χ4n) is 5.20. The number of likely N-dealkylation sites (tertiary alicyclic amines) is 2. The molecule has 0 aromatic heterocycles. The van der Waals surface area contributed by atoms with Crippen LogP contribution in [0.15, 0.2) is 0 Å². The number of piperidine rings is 2. The van der Waals surface area contributed by atoms with Gasteiger partial charge in [0.1, 0.15) is 5.78 Å². The van der Waals surface area contributed by atoms with Crippen LogP contribution in [0.5, 0.6) is 0 Å². The van der Waals surface area contributed by atoms with Crippen molar-refractivity contribution in [3.63, 3.8) is 0 Å². The minimum Gasteiger partial charge on any atom is -0.390 e. The standard InChI is InChI=1S/C22H38N2O3/c1-17(25)19-3-5-20(6-4-19)21(26)24-13-8-18(9-14-24)7-10-22(27)11-15-23(2)16-12-22/h18-20,27H,3-16H2,1-2H3. The van der Waals surface area contributed by atoms with Crippen molar-refractivity contribution in [2.45, 2.75) is 76.7 Å². The van der Waals surface area contributed by atoms with Gasteiger partial charge in [0.15, 0.2) is 0 Å². The molecule has 27 heavy (non-hydrogen) atoms. The summed E-state index contributed by atoms with van der Waals surface area (Å²) in [5.74, 6) is 1.57. The molecule has 0 radical (unpaired) electrons. The lowest BCUT2D eigenvalue weighted by molar-refractivity contribution is -0.139. The largest absolute Gasteiger partial charge is 0.390 e. The minimum atomic E-state index is -0.463. The Balaban J connectivity index is 1.37. The number of carbonyl (C=O) groups excluding carboxylic acids is 2. The second kappa shape index (κ2) is 9.04. The molecule has 3 aliphatic rings. The van der Waals surface area contributed by atoms with Crippen LogP contribution in [0, 0.1) is 17.8 Å². The van der Waals surface area contributed by atoms with E-state index in [2.05, 4.69) is 16.8 Å². The van der Waals surface area contributed by atoms with Crippen molar-refractivity contribution in [2.24, 2.45) is 17.8 Å². The monoisotopic (exact) mass is 378 g/mol. The Morgan fingerprint density at radius 2 is 1.48 bits per heavy atom. The first-order valence-corrected chi connectivity index (χ1v) is 11.1. The molecule has 0 atom stereocenters. The smallest absolute Gasteiger partial charge is 0.225 e. The van der Waals surface area contributed by atoms with Gasteiger partial charge in [-0.3, -0.25) is 9.59 Å². The maximum Gasteiger partial charge on any atom is 0.225 e. The first-order chi connectivity index (χ1) is 12.9. The predicted octanol–water partition coefficient (Wildman–Crippen LogP) is 2.86. The van der Waals surface area contributed by atoms with Crippen LogP contribution in [-0.2, 0) is 9.59 Å². The molecule has 0 aromatic carbocycles. The average molecular weight is 379 g/mol. The van der Waals surface area contributed by atoms with Gasteiger partial charge < -0.3 is 14.9 Å². The van der Waals surface area contributed by atoms with Crippen LogP contribution in [0.2, 0.25) is 0 Å². The first kappa shape index (κ1) is 20.8. The van der Waals surface area contributed by atoms with Gasteiger partial charge in [0.05, 0.1) is 5.60 Å². The highest BCUT2D eigenvalue weighted by Crippen LogP contribution is 2.34. The molecule has 2 heterocycles. The second-order valence-electron chi connectivity index (χ2n) is 9.49. The van der Waals surface area contributed by atoms with Crippen molar-refractivity contribution in [3.05, 3.63) is 0 Å². The third kappa shape index (κ3) is 5.54. The van der Waals surface area contributed by atoms with Gasteiger partial charge in [-0.25, -0.2) is 0 Å². The van der Waals surface area contributed by atoms with Crippen LogP contribution < -0.4 is 0 Å². The van der Waals surface area contributed by atoms with Gasteiger partial charge in [0.25, 0.3) is 0 Å². The Kier molecular flexibility index (Phi) is 6.96. The maximum absolute atomic E-state index is 12.8. The van der Waals surface area contributed by atoms with E-state index in [9.17, 15) is 14.7 Å². The highest BCUT2D eigenvalue weighted by Gasteiger charge is 2.34. The van der Waals surface area contributed by atoms with Crippen molar-refractivity contribution in [2.75, 3.05) is 33.2 Å². The van der Waals surface area contributed by atoms with Crippen LogP contribution in [0.3, 0.4) is 0 Å². The molecule has 0 aromatic rings. The molecule has 154 valence electrons. The molecule has 1 N–H and O–H groups in total. The van der Waals surface area contributed by atoms with E-state index >= 15 is 0 Å². The molecule has 5 heteroatoms. The summed E-state index contributed by atoms with van der Waals surface area (Å²) in [5, 5.41) is 10.8. The second-order valence-corrected chi connectivity index (χ2v) is 9.49. The van der Waals surface area contributed by atoms with Crippen LogP contribution in [-0.4, -0.2) is 65.4 Å². The van der Waals surface area contributed by atoms with E-state index < -0.39 is 5.60 Å². The zero-order valence-corrected chi connectivity index (χ0v) is 17.3.